The number of ether oxygens (including phenoxy) is 1. The van der Waals surface area contributed by atoms with Crippen molar-refractivity contribution in [2.24, 2.45) is 5.92 Å². The Morgan fingerprint density at radius 2 is 1.95 bits per heavy atom. The molecule has 2 rings (SSSR count). The van der Waals surface area contributed by atoms with E-state index in [2.05, 4.69) is 10.6 Å². The number of hydrogen-bond acceptors (Lipinski definition) is 4. The molecule has 1 aliphatic heterocycles. The SMILES string of the molecule is COC(=O)C1(NC(=O)CCC2CCNC2)CCCCCC1. The van der Waals surface area contributed by atoms with Gasteiger partial charge < -0.3 is 15.4 Å². The molecule has 5 nitrogen and oxygen atoms in total. The zero-order valence-electron chi connectivity index (χ0n) is 13.1. The highest BCUT2D eigenvalue weighted by molar-refractivity contribution is 5.88. The summed E-state index contributed by atoms with van der Waals surface area (Å²) < 4.78 is 4.96. The Morgan fingerprint density at radius 3 is 2.52 bits per heavy atom. The van der Waals surface area contributed by atoms with Gasteiger partial charge in [-0.3, -0.25) is 4.79 Å². The van der Waals surface area contributed by atoms with Crippen LogP contribution in [0.25, 0.3) is 0 Å². The number of hydrogen-bond donors (Lipinski definition) is 2. The largest absolute Gasteiger partial charge is 0.467 e. The van der Waals surface area contributed by atoms with Crippen LogP contribution in [-0.2, 0) is 14.3 Å². The van der Waals surface area contributed by atoms with Gasteiger partial charge in [0.1, 0.15) is 5.54 Å². The van der Waals surface area contributed by atoms with Crippen LogP contribution in [0.1, 0.15) is 57.8 Å². The van der Waals surface area contributed by atoms with Crippen LogP contribution in [0.2, 0.25) is 0 Å². The molecule has 120 valence electrons. The number of carbonyl (C=O) groups is 2. The second-order valence-corrected chi connectivity index (χ2v) is 6.43. The predicted octanol–water partition coefficient (Wildman–Crippen LogP) is 1.76. The Balaban J connectivity index is 1.90. The molecule has 1 saturated heterocycles. The van der Waals surface area contributed by atoms with E-state index in [-0.39, 0.29) is 11.9 Å². The highest BCUT2D eigenvalue weighted by atomic mass is 16.5. The summed E-state index contributed by atoms with van der Waals surface area (Å²) in [5, 5.41) is 6.33. The maximum Gasteiger partial charge on any atom is 0.331 e. The molecule has 0 aromatic carbocycles. The number of rotatable bonds is 5. The second-order valence-electron chi connectivity index (χ2n) is 6.43. The smallest absolute Gasteiger partial charge is 0.331 e. The zero-order chi connectivity index (χ0) is 15.1. The van der Waals surface area contributed by atoms with Crippen molar-refractivity contribution in [1.82, 2.24) is 10.6 Å². The van der Waals surface area contributed by atoms with Gasteiger partial charge in [0, 0.05) is 6.42 Å². The molecule has 21 heavy (non-hydrogen) atoms. The molecule has 0 bridgehead atoms. The third kappa shape index (κ3) is 4.43. The van der Waals surface area contributed by atoms with Crippen molar-refractivity contribution in [3.05, 3.63) is 0 Å². The van der Waals surface area contributed by atoms with Gasteiger partial charge >= 0.3 is 5.97 Å². The molecule has 5 heteroatoms. The van der Waals surface area contributed by atoms with Crippen LogP contribution in [0, 0.1) is 5.92 Å². The topological polar surface area (TPSA) is 67.4 Å². The summed E-state index contributed by atoms with van der Waals surface area (Å²) in [6.07, 6.45) is 8.16. The number of carbonyl (C=O) groups excluding carboxylic acids is 2. The maximum atomic E-state index is 12.3. The minimum Gasteiger partial charge on any atom is -0.467 e. The first-order valence-corrected chi connectivity index (χ1v) is 8.26. The summed E-state index contributed by atoms with van der Waals surface area (Å²) in [5.74, 6) is 0.313. The van der Waals surface area contributed by atoms with Crippen molar-refractivity contribution in [2.75, 3.05) is 20.2 Å². The molecule has 0 aromatic heterocycles. The van der Waals surface area contributed by atoms with Gasteiger partial charge in [-0.2, -0.15) is 0 Å². The fraction of sp³-hybridized carbons (Fsp3) is 0.875. The van der Waals surface area contributed by atoms with Gasteiger partial charge in [0.2, 0.25) is 5.91 Å². The van der Waals surface area contributed by atoms with E-state index in [0.717, 1.165) is 51.6 Å². The van der Waals surface area contributed by atoms with Crippen LogP contribution in [0.15, 0.2) is 0 Å². The van der Waals surface area contributed by atoms with E-state index < -0.39 is 5.54 Å². The average Bonchev–Trinajstić information content (AvgIpc) is 2.90. The van der Waals surface area contributed by atoms with Crippen molar-refractivity contribution in [2.45, 2.75) is 63.3 Å². The first-order chi connectivity index (χ1) is 10.2. The van der Waals surface area contributed by atoms with Crippen LogP contribution in [-0.4, -0.2) is 37.6 Å². The van der Waals surface area contributed by atoms with Crippen molar-refractivity contribution in [1.29, 1.82) is 0 Å². The molecule has 1 amide bonds. The molecule has 2 N–H and O–H groups in total. The maximum absolute atomic E-state index is 12.3. The summed E-state index contributed by atoms with van der Waals surface area (Å²) in [7, 11) is 1.41. The van der Waals surface area contributed by atoms with Crippen molar-refractivity contribution >= 4 is 11.9 Å². The van der Waals surface area contributed by atoms with E-state index in [4.69, 9.17) is 4.74 Å². The molecule has 0 radical (unpaired) electrons. The highest BCUT2D eigenvalue weighted by Crippen LogP contribution is 2.28. The Hall–Kier alpha value is -1.10. The Bertz CT molecular complexity index is 357. The van der Waals surface area contributed by atoms with Crippen LogP contribution < -0.4 is 10.6 Å². The molecule has 1 atom stereocenters. The van der Waals surface area contributed by atoms with E-state index in [0.29, 0.717) is 25.2 Å². The van der Waals surface area contributed by atoms with E-state index in [1.807, 2.05) is 0 Å². The van der Waals surface area contributed by atoms with E-state index >= 15 is 0 Å². The van der Waals surface area contributed by atoms with Crippen LogP contribution >= 0.6 is 0 Å². The summed E-state index contributed by atoms with van der Waals surface area (Å²) in [4.78, 5) is 24.5. The number of methoxy groups -OCH3 is 1. The van der Waals surface area contributed by atoms with Gasteiger partial charge in [-0.1, -0.05) is 25.7 Å². The Morgan fingerprint density at radius 1 is 1.24 bits per heavy atom. The fourth-order valence-corrected chi connectivity index (χ4v) is 3.53. The summed E-state index contributed by atoms with van der Waals surface area (Å²) in [5.41, 5.74) is -0.781. The molecule has 2 fully saturated rings. The van der Waals surface area contributed by atoms with Gasteiger partial charge in [0.25, 0.3) is 0 Å². The second kappa shape index (κ2) is 7.78. The third-order valence-electron chi connectivity index (χ3n) is 4.85. The van der Waals surface area contributed by atoms with Gasteiger partial charge in [-0.25, -0.2) is 4.79 Å². The highest BCUT2D eigenvalue weighted by Gasteiger charge is 2.40. The lowest BCUT2D eigenvalue weighted by atomic mass is 9.89. The lowest BCUT2D eigenvalue weighted by Gasteiger charge is -2.31. The average molecular weight is 296 g/mol. The first-order valence-electron chi connectivity index (χ1n) is 8.26. The molecule has 2 aliphatic rings. The van der Waals surface area contributed by atoms with E-state index in [1.165, 1.54) is 7.11 Å². The lowest BCUT2D eigenvalue weighted by molar-refractivity contribution is -0.151. The molecule has 1 aliphatic carbocycles. The van der Waals surface area contributed by atoms with Gasteiger partial charge in [-0.05, 0) is 44.7 Å². The molecule has 1 unspecified atom stereocenters. The molecule has 1 heterocycles. The van der Waals surface area contributed by atoms with E-state index in [9.17, 15) is 9.59 Å². The van der Waals surface area contributed by atoms with Crippen LogP contribution in [0.4, 0.5) is 0 Å². The summed E-state index contributed by atoms with van der Waals surface area (Å²) in [6, 6.07) is 0. The van der Waals surface area contributed by atoms with Gasteiger partial charge in [0.15, 0.2) is 0 Å². The zero-order valence-corrected chi connectivity index (χ0v) is 13.1. The number of amides is 1. The minimum absolute atomic E-state index is 0.00537. The molecule has 1 saturated carbocycles. The molecule has 0 aromatic rings. The predicted molar refractivity (Wildman–Crippen MR) is 80.8 cm³/mol. The molecule has 0 spiro atoms. The van der Waals surface area contributed by atoms with E-state index in [1.54, 1.807) is 0 Å². The molecular formula is C16H28N2O3. The van der Waals surface area contributed by atoms with Gasteiger partial charge in [0.05, 0.1) is 7.11 Å². The quantitative estimate of drug-likeness (QED) is 0.599. The van der Waals surface area contributed by atoms with Crippen molar-refractivity contribution < 1.29 is 14.3 Å². The minimum atomic E-state index is -0.781. The monoisotopic (exact) mass is 296 g/mol. The third-order valence-corrected chi connectivity index (χ3v) is 4.85. The summed E-state index contributed by atoms with van der Waals surface area (Å²) in [6.45, 7) is 2.06. The standard InChI is InChI=1S/C16H28N2O3/c1-21-15(20)16(9-4-2-3-5-10-16)18-14(19)7-6-13-8-11-17-12-13/h13,17H,2-12H2,1H3,(H,18,19). The fourth-order valence-electron chi connectivity index (χ4n) is 3.53. The number of esters is 1. The van der Waals surface area contributed by atoms with Gasteiger partial charge in [-0.15, -0.1) is 0 Å². The Labute approximate surface area is 127 Å². The molecular weight excluding hydrogens is 268 g/mol. The van der Waals surface area contributed by atoms with Crippen LogP contribution in [0.5, 0.6) is 0 Å². The first kappa shape index (κ1) is 16.3. The Kier molecular flexibility index (Phi) is 6.03. The number of nitrogens with one attached hydrogen (secondary N) is 2. The van der Waals surface area contributed by atoms with Crippen LogP contribution in [0.3, 0.4) is 0 Å². The normalized spacial score (nSPS) is 25.1. The lowest BCUT2D eigenvalue weighted by Crippen LogP contribution is -2.54. The summed E-state index contributed by atoms with van der Waals surface area (Å²) >= 11 is 0. The van der Waals surface area contributed by atoms with Crippen molar-refractivity contribution in [3.8, 4) is 0 Å². The van der Waals surface area contributed by atoms with Crippen molar-refractivity contribution in [3.63, 3.8) is 0 Å².